The summed E-state index contributed by atoms with van der Waals surface area (Å²) in [6.07, 6.45) is 61.3. The van der Waals surface area contributed by atoms with Crippen LogP contribution >= 0.6 is 0 Å². The van der Waals surface area contributed by atoms with Gasteiger partial charge in [-0.2, -0.15) is 0 Å². The molecule has 0 radical (unpaired) electrons. The summed E-state index contributed by atoms with van der Waals surface area (Å²) in [6.45, 7) is 4.73. The number of carboxylic acid groups (broad SMARTS) is 1. The van der Waals surface area contributed by atoms with Crippen molar-refractivity contribution < 1.29 is 42.9 Å². The number of allylic oxidation sites excluding steroid dienone is 4. The van der Waals surface area contributed by atoms with E-state index in [0.717, 1.165) is 64.2 Å². The second-order valence-electron chi connectivity index (χ2n) is 22.0. The Hall–Kier alpha value is -2.23. The number of carboxylic acids is 1. The van der Waals surface area contributed by atoms with Gasteiger partial charge >= 0.3 is 11.9 Å². The van der Waals surface area contributed by atoms with E-state index < -0.39 is 24.3 Å². The molecule has 9 nitrogen and oxygen atoms in total. The number of ether oxygens (including phenoxy) is 4. The molecule has 2 unspecified atom stereocenters. The van der Waals surface area contributed by atoms with Crippen molar-refractivity contribution in [1.82, 2.24) is 0 Å². The van der Waals surface area contributed by atoms with Crippen LogP contribution in [0.15, 0.2) is 24.3 Å². The predicted molar refractivity (Wildman–Crippen MR) is 297 cm³/mol. The molecule has 0 rings (SSSR count). The molecule has 0 aromatic heterocycles. The van der Waals surface area contributed by atoms with E-state index in [1.807, 2.05) is 21.1 Å². The second kappa shape index (κ2) is 54.0. The van der Waals surface area contributed by atoms with Gasteiger partial charge < -0.3 is 33.3 Å². The first-order chi connectivity index (χ1) is 34.6. The maximum absolute atomic E-state index is 12.8. The van der Waals surface area contributed by atoms with E-state index in [2.05, 4.69) is 38.2 Å². The maximum atomic E-state index is 12.8. The van der Waals surface area contributed by atoms with Gasteiger partial charge in [-0.1, -0.05) is 250 Å². The zero-order valence-corrected chi connectivity index (χ0v) is 47.6. The standard InChI is InChI=1S/C62H117NO8/c1-6-8-10-12-14-16-18-19-20-21-22-23-24-25-26-27-28-29-30-31-32-33-34-35-36-37-38-39-40-41-43-45-47-49-51-53-60(65)71-58(57-70-62(61(66)67)68-55-54-63(3,4)5)56-69-59(64)52-50-48-46-44-42-17-15-13-11-9-7-2/h13,15,21-22,58,62H,6-12,14,16-20,23-57H2,1-5H3/b15-13-,22-21-. The fraction of sp³-hybridized carbons (Fsp3) is 0.887. The van der Waals surface area contributed by atoms with Crippen LogP contribution in [0.2, 0.25) is 0 Å². The normalized spacial score (nSPS) is 12.9. The fourth-order valence-corrected chi connectivity index (χ4v) is 8.93. The lowest BCUT2D eigenvalue weighted by molar-refractivity contribution is -0.870. The van der Waals surface area contributed by atoms with Gasteiger partial charge in [-0.05, 0) is 57.8 Å². The lowest BCUT2D eigenvalue weighted by atomic mass is 10.0. The van der Waals surface area contributed by atoms with Crippen molar-refractivity contribution in [3.63, 3.8) is 0 Å². The van der Waals surface area contributed by atoms with Crippen LogP contribution < -0.4 is 5.11 Å². The molecule has 0 spiro atoms. The van der Waals surface area contributed by atoms with E-state index in [4.69, 9.17) is 18.9 Å². The third-order valence-electron chi connectivity index (χ3n) is 13.7. The molecule has 9 heteroatoms. The average Bonchev–Trinajstić information content (AvgIpc) is 3.34. The molecule has 0 aliphatic heterocycles. The van der Waals surface area contributed by atoms with Gasteiger partial charge in [-0.25, -0.2) is 0 Å². The number of rotatable bonds is 57. The zero-order valence-electron chi connectivity index (χ0n) is 47.6. The van der Waals surface area contributed by atoms with Crippen LogP contribution in [0.4, 0.5) is 0 Å². The van der Waals surface area contributed by atoms with Gasteiger partial charge in [0.25, 0.3) is 0 Å². The summed E-state index contributed by atoms with van der Waals surface area (Å²) in [5.41, 5.74) is 0. The third-order valence-corrected chi connectivity index (χ3v) is 13.7. The van der Waals surface area contributed by atoms with E-state index in [1.54, 1.807) is 0 Å². The molecule has 0 bridgehead atoms. The number of esters is 2. The Morgan fingerprint density at radius 3 is 1.08 bits per heavy atom. The van der Waals surface area contributed by atoms with Crippen molar-refractivity contribution in [3.05, 3.63) is 24.3 Å². The monoisotopic (exact) mass is 1000 g/mol. The Morgan fingerprint density at radius 2 is 0.732 bits per heavy atom. The molecular formula is C62H117NO8. The summed E-state index contributed by atoms with van der Waals surface area (Å²) in [7, 11) is 5.92. The Kier molecular flexibility index (Phi) is 52.3. The van der Waals surface area contributed by atoms with Gasteiger partial charge in [0.05, 0.1) is 40.3 Å². The Labute approximate surface area is 439 Å². The second-order valence-corrected chi connectivity index (χ2v) is 22.0. The highest BCUT2D eigenvalue weighted by Gasteiger charge is 2.22. The van der Waals surface area contributed by atoms with Gasteiger partial charge in [-0.3, -0.25) is 9.59 Å². The Bertz CT molecular complexity index is 1210. The van der Waals surface area contributed by atoms with Crippen molar-refractivity contribution >= 4 is 17.9 Å². The summed E-state index contributed by atoms with van der Waals surface area (Å²) in [5.74, 6) is -2.28. The number of unbranched alkanes of at least 4 members (excludes halogenated alkanes) is 38. The molecule has 0 aliphatic rings. The molecule has 0 aromatic carbocycles. The predicted octanol–water partition coefficient (Wildman–Crippen LogP) is 16.6. The Morgan fingerprint density at radius 1 is 0.408 bits per heavy atom. The molecule has 0 amide bonds. The highest BCUT2D eigenvalue weighted by Crippen LogP contribution is 2.17. The lowest BCUT2D eigenvalue weighted by Gasteiger charge is -2.26. The largest absolute Gasteiger partial charge is 0.545 e. The molecule has 0 saturated carbocycles. The molecule has 0 aromatic rings. The summed E-state index contributed by atoms with van der Waals surface area (Å²) in [5, 5.41) is 11.7. The summed E-state index contributed by atoms with van der Waals surface area (Å²) >= 11 is 0. The van der Waals surface area contributed by atoms with Crippen LogP contribution in [0.5, 0.6) is 0 Å². The fourth-order valence-electron chi connectivity index (χ4n) is 8.93. The van der Waals surface area contributed by atoms with Crippen LogP contribution in [0.3, 0.4) is 0 Å². The number of quaternary nitrogens is 1. The summed E-state index contributed by atoms with van der Waals surface area (Å²) in [6, 6.07) is 0. The van der Waals surface area contributed by atoms with Gasteiger partial charge in [0.15, 0.2) is 12.4 Å². The SMILES string of the molecule is CCCC/C=C\CCCCCCCC(=O)OCC(COC(OCC[N+](C)(C)C)C(=O)[O-])OC(=O)CCCCCCCCCCCCCCCCCCCCCCCCC/C=C\CCCCCCCCCC. The summed E-state index contributed by atoms with van der Waals surface area (Å²) < 4.78 is 22.6. The molecule has 0 saturated heterocycles. The highest BCUT2D eigenvalue weighted by molar-refractivity contribution is 5.70. The number of hydrogen-bond donors (Lipinski definition) is 0. The maximum Gasteiger partial charge on any atom is 0.306 e. The smallest absolute Gasteiger partial charge is 0.306 e. The van der Waals surface area contributed by atoms with E-state index in [1.165, 1.54) is 205 Å². The first-order valence-electron chi connectivity index (χ1n) is 30.5. The van der Waals surface area contributed by atoms with Crippen molar-refractivity contribution in [3.8, 4) is 0 Å². The number of nitrogens with zero attached hydrogens (tertiary/aromatic N) is 1. The Balaban J connectivity index is 3.95. The minimum Gasteiger partial charge on any atom is -0.545 e. The van der Waals surface area contributed by atoms with Crippen molar-refractivity contribution in [2.75, 3.05) is 47.5 Å². The molecule has 0 aliphatic carbocycles. The molecule has 418 valence electrons. The molecular weight excluding hydrogens is 887 g/mol. The van der Waals surface area contributed by atoms with Gasteiger partial charge in [-0.15, -0.1) is 0 Å². The quantitative estimate of drug-likeness (QED) is 0.0195. The van der Waals surface area contributed by atoms with Gasteiger partial charge in [0, 0.05) is 12.8 Å². The summed E-state index contributed by atoms with van der Waals surface area (Å²) in [4.78, 5) is 37.1. The minimum atomic E-state index is -1.62. The van der Waals surface area contributed by atoms with Crippen molar-refractivity contribution in [2.45, 2.75) is 309 Å². The van der Waals surface area contributed by atoms with Crippen molar-refractivity contribution in [1.29, 1.82) is 0 Å². The van der Waals surface area contributed by atoms with Gasteiger partial charge in [0.1, 0.15) is 13.2 Å². The molecule has 71 heavy (non-hydrogen) atoms. The molecule has 0 heterocycles. The van der Waals surface area contributed by atoms with E-state index >= 15 is 0 Å². The van der Waals surface area contributed by atoms with E-state index in [0.29, 0.717) is 11.0 Å². The average molecular weight is 1000 g/mol. The van der Waals surface area contributed by atoms with E-state index in [9.17, 15) is 19.5 Å². The number of carbonyl (C=O) groups is 3. The van der Waals surface area contributed by atoms with Crippen LogP contribution in [-0.4, -0.2) is 82.3 Å². The molecule has 0 N–H and O–H groups in total. The van der Waals surface area contributed by atoms with Gasteiger partial charge in [0.2, 0.25) is 0 Å². The zero-order chi connectivity index (χ0) is 52.0. The molecule has 2 atom stereocenters. The third kappa shape index (κ3) is 55.4. The number of likely N-dealkylation sites (N-methyl/N-ethyl adjacent to an activating group) is 1. The lowest BCUT2D eigenvalue weighted by Crippen LogP contribution is -2.44. The minimum absolute atomic E-state index is 0.149. The first kappa shape index (κ1) is 68.8. The van der Waals surface area contributed by atoms with Crippen LogP contribution in [0, 0.1) is 0 Å². The van der Waals surface area contributed by atoms with E-state index in [-0.39, 0.29) is 38.6 Å². The van der Waals surface area contributed by atoms with Crippen LogP contribution in [0.25, 0.3) is 0 Å². The highest BCUT2D eigenvalue weighted by atomic mass is 16.7. The number of hydrogen-bond acceptors (Lipinski definition) is 8. The first-order valence-corrected chi connectivity index (χ1v) is 30.5. The van der Waals surface area contributed by atoms with Crippen LogP contribution in [0.1, 0.15) is 296 Å². The number of aliphatic carboxylic acids is 1. The van der Waals surface area contributed by atoms with Crippen LogP contribution in [-0.2, 0) is 33.3 Å². The molecule has 0 fully saturated rings. The van der Waals surface area contributed by atoms with Crippen molar-refractivity contribution in [2.24, 2.45) is 0 Å². The number of carbonyl (C=O) groups excluding carboxylic acids is 3. The topological polar surface area (TPSA) is 111 Å².